The molecule has 0 aliphatic rings. The molecule has 1 aromatic carbocycles. The molecular weight excluding hydrogens is 359 g/mol. The van der Waals surface area contributed by atoms with Crippen molar-refractivity contribution in [3.8, 4) is 0 Å². The topological polar surface area (TPSA) is 54.9 Å². The Morgan fingerprint density at radius 2 is 1.90 bits per heavy atom. The monoisotopic (exact) mass is 365 g/mol. The minimum Gasteiger partial charge on any atom is -0.300 e. The van der Waals surface area contributed by atoms with Crippen molar-refractivity contribution in [2.24, 2.45) is 0 Å². The van der Waals surface area contributed by atoms with E-state index < -0.39 is 17.1 Å². The molecule has 20 heavy (non-hydrogen) atoms. The highest BCUT2D eigenvalue weighted by Crippen LogP contribution is 2.32. The molecule has 0 saturated heterocycles. The van der Waals surface area contributed by atoms with Crippen LogP contribution < -0.4 is 5.32 Å². The summed E-state index contributed by atoms with van der Waals surface area (Å²) < 4.78 is 37.8. The van der Waals surface area contributed by atoms with Crippen molar-refractivity contribution in [3.63, 3.8) is 0 Å². The fraction of sp³-hybridized carbons (Fsp3) is 0.182. The Labute approximate surface area is 124 Å². The minimum atomic E-state index is -4.55. The van der Waals surface area contributed by atoms with Crippen LogP contribution in [-0.4, -0.2) is 16.1 Å². The number of rotatable bonds is 3. The molecule has 0 atom stereocenters. The number of anilines is 1. The van der Waals surface area contributed by atoms with Gasteiger partial charge in [-0.3, -0.25) is 4.79 Å². The molecule has 1 aromatic heterocycles. The van der Waals surface area contributed by atoms with Gasteiger partial charge in [0.2, 0.25) is 16.0 Å². The van der Waals surface area contributed by atoms with Crippen LogP contribution in [0.15, 0.2) is 28.7 Å². The molecule has 2 aromatic rings. The molecule has 0 fully saturated rings. The number of carbonyl (C=O) groups is 1. The number of nitrogens with one attached hydrogen (secondary N) is 1. The Kier molecular flexibility index (Phi) is 4.39. The molecule has 9 heteroatoms. The Morgan fingerprint density at radius 1 is 1.25 bits per heavy atom. The molecule has 1 N–H and O–H groups in total. The van der Waals surface area contributed by atoms with E-state index >= 15 is 0 Å². The van der Waals surface area contributed by atoms with Crippen molar-refractivity contribution < 1.29 is 18.0 Å². The van der Waals surface area contributed by atoms with Crippen LogP contribution in [0.2, 0.25) is 0 Å². The summed E-state index contributed by atoms with van der Waals surface area (Å²) in [6.07, 6.45) is -4.50. The first-order valence-electron chi connectivity index (χ1n) is 5.29. The maximum atomic E-state index is 12.3. The SMILES string of the molecule is O=C(Cc1ccc(Br)cc1)Nc1nnc(C(F)(F)F)s1. The molecular formula is C11H7BrF3N3OS. The summed E-state index contributed by atoms with van der Waals surface area (Å²) in [4.78, 5) is 11.7. The average molecular weight is 366 g/mol. The predicted octanol–water partition coefficient (Wildman–Crippen LogP) is 3.50. The fourth-order valence-electron chi connectivity index (χ4n) is 1.34. The Morgan fingerprint density at radius 3 is 2.45 bits per heavy atom. The lowest BCUT2D eigenvalue weighted by atomic mass is 10.1. The van der Waals surface area contributed by atoms with Gasteiger partial charge in [0.25, 0.3) is 0 Å². The van der Waals surface area contributed by atoms with Crippen molar-refractivity contribution in [1.29, 1.82) is 0 Å². The van der Waals surface area contributed by atoms with Gasteiger partial charge >= 0.3 is 6.18 Å². The number of hydrogen-bond acceptors (Lipinski definition) is 4. The zero-order valence-corrected chi connectivity index (χ0v) is 12.1. The van der Waals surface area contributed by atoms with E-state index in [1.165, 1.54) is 0 Å². The van der Waals surface area contributed by atoms with Crippen molar-refractivity contribution >= 4 is 38.3 Å². The Bertz CT molecular complexity index is 612. The summed E-state index contributed by atoms with van der Waals surface area (Å²) in [6.45, 7) is 0. The van der Waals surface area contributed by atoms with Gasteiger partial charge in [-0.1, -0.05) is 39.4 Å². The van der Waals surface area contributed by atoms with Gasteiger partial charge in [-0.05, 0) is 17.7 Å². The third-order valence-electron chi connectivity index (χ3n) is 2.19. The third-order valence-corrected chi connectivity index (χ3v) is 3.60. The van der Waals surface area contributed by atoms with Gasteiger partial charge < -0.3 is 5.32 Å². The molecule has 0 aliphatic heterocycles. The summed E-state index contributed by atoms with van der Waals surface area (Å²) in [5.41, 5.74) is 0.742. The van der Waals surface area contributed by atoms with Crippen LogP contribution >= 0.6 is 27.3 Å². The van der Waals surface area contributed by atoms with E-state index in [0.717, 1.165) is 10.0 Å². The van der Waals surface area contributed by atoms with Crippen LogP contribution in [0.3, 0.4) is 0 Å². The highest BCUT2D eigenvalue weighted by molar-refractivity contribution is 9.10. The van der Waals surface area contributed by atoms with Gasteiger partial charge in [-0.25, -0.2) is 0 Å². The molecule has 1 heterocycles. The van der Waals surface area contributed by atoms with Crippen LogP contribution in [0.1, 0.15) is 10.6 Å². The highest BCUT2D eigenvalue weighted by atomic mass is 79.9. The molecule has 0 saturated carbocycles. The first kappa shape index (κ1) is 14.9. The predicted molar refractivity (Wildman–Crippen MR) is 71.4 cm³/mol. The van der Waals surface area contributed by atoms with Crippen LogP contribution in [0.5, 0.6) is 0 Å². The lowest BCUT2D eigenvalue weighted by molar-refractivity contribution is -0.138. The third kappa shape index (κ3) is 4.01. The van der Waals surface area contributed by atoms with E-state index in [-0.39, 0.29) is 11.6 Å². The summed E-state index contributed by atoms with van der Waals surface area (Å²) in [7, 11) is 0. The number of aromatic nitrogens is 2. The second-order valence-corrected chi connectivity index (χ2v) is 5.65. The van der Waals surface area contributed by atoms with Gasteiger partial charge in [0.15, 0.2) is 0 Å². The molecule has 2 rings (SSSR count). The first-order valence-corrected chi connectivity index (χ1v) is 6.90. The van der Waals surface area contributed by atoms with Gasteiger partial charge in [-0.2, -0.15) is 13.2 Å². The number of halogens is 4. The average Bonchev–Trinajstić information content (AvgIpc) is 2.80. The number of nitrogens with zero attached hydrogens (tertiary/aromatic N) is 2. The van der Waals surface area contributed by atoms with Crippen molar-refractivity contribution in [3.05, 3.63) is 39.3 Å². The quantitative estimate of drug-likeness (QED) is 0.905. The molecule has 106 valence electrons. The maximum Gasteiger partial charge on any atom is 0.445 e. The summed E-state index contributed by atoms with van der Waals surface area (Å²) in [5, 5.41) is 7.31. The molecule has 0 aliphatic carbocycles. The van der Waals surface area contributed by atoms with E-state index in [0.29, 0.717) is 11.3 Å². The van der Waals surface area contributed by atoms with Crippen molar-refractivity contribution in [2.45, 2.75) is 12.6 Å². The largest absolute Gasteiger partial charge is 0.445 e. The second kappa shape index (κ2) is 5.88. The van der Waals surface area contributed by atoms with E-state index in [2.05, 4.69) is 31.4 Å². The van der Waals surface area contributed by atoms with Crippen LogP contribution in [0.25, 0.3) is 0 Å². The summed E-state index contributed by atoms with van der Waals surface area (Å²) in [6, 6.07) is 7.03. The smallest absolute Gasteiger partial charge is 0.300 e. The van der Waals surface area contributed by atoms with E-state index in [9.17, 15) is 18.0 Å². The van der Waals surface area contributed by atoms with Gasteiger partial charge in [0.1, 0.15) is 0 Å². The summed E-state index contributed by atoms with van der Waals surface area (Å²) >= 11 is 3.56. The number of hydrogen-bond donors (Lipinski definition) is 1. The van der Waals surface area contributed by atoms with Gasteiger partial charge in [-0.15, -0.1) is 10.2 Å². The number of alkyl halides is 3. The zero-order valence-electron chi connectivity index (χ0n) is 9.74. The normalized spacial score (nSPS) is 11.4. The standard InChI is InChI=1S/C11H7BrF3N3OS/c12-7-3-1-6(2-4-7)5-8(19)16-10-18-17-9(20-10)11(13,14)15/h1-4H,5H2,(H,16,18,19). The van der Waals surface area contributed by atoms with Crippen LogP contribution in [0, 0.1) is 0 Å². The fourth-order valence-corrected chi connectivity index (χ4v) is 2.23. The minimum absolute atomic E-state index is 0.0498. The molecule has 0 radical (unpaired) electrons. The van der Waals surface area contributed by atoms with Crippen molar-refractivity contribution in [1.82, 2.24) is 10.2 Å². The maximum absolute atomic E-state index is 12.3. The Hall–Kier alpha value is -1.48. The molecule has 1 amide bonds. The van der Waals surface area contributed by atoms with Gasteiger partial charge in [0.05, 0.1) is 6.42 Å². The van der Waals surface area contributed by atoms with E-state index in [1.807, 2.05) is 0 Å². The second-order valence-electron chi connectivity index (χ2n) is 3.76. The molecule has 0 spiro atoms. The lowest BCUT2D eigenvalue weighted by Gasteiger charge is -2.02. The van der Waals surface area contributed by atoms with Gasteiger partial charge in [0, 0.05) is 4.47 Å². The Balaban J connectivity index is 1.98. The molecule has 4 nitrogen and oxygen atoms in total. The molecule has 0 bridgehead atoms. The first-order chi connectivity index (χ1) is 9.34. The van der Waals surface area contributed by atoms with Crippen molar-refractivity contribution in [2.75, 3.05) is 5.32 Å². The summed E-state index contributed by atoms with van der Waals surface area (Å²) in [5.74, 6) is -0.447. The zero-order chi connectivity index (χ0) is 14.8. The highest BCUT2D eigenvalue weighted by Gasteiger charge is 2.35. The number of amides is 1. The lowest BCUT2D eigenvalue weighted by Crippen LogP contribution is -2.14. The molecule has 0 unspecified atom stereocenters. The van der Waals surface area contributed by atoms with E-state index in [1.54, 1.807) is 24.3 Å². The van der Waals surface area contributed by atoms with Crippen LogP contribution in [-0.2, 0) is 17.4 Å². The van der Waals surface area contributed by atoms with E-state index in [4.69, 9.17) is 0 Å². The van der Waals surface area contributed by atoms with Crippen LogP contribution in [0.4, 0.5) is 18.3 Å². The number of carbonyl (C=O) groups excluding carboxylic acids is 1. The number of benzene rings is 1.